The summed E-state index contributed by atoms with van der Waals surface area (Å²) in [6.07, 6.45) is 9.93. The molecule has 6 rings (SSSR count). The Bertz CT molecular complexity index is 1600. The molecule has 0 spiro atoms. The van der Waals surface area contributed by atoms with E-state index >= 15 is 0 Å². The second-order valence-corrected chi connectivity index (χ2v) is 18.5. The van der Waals surface area contributed by atoms with Crippen LogP contribution in [-0.2, 0) is 35.2 Å². The molecule has 4 saturated carbocycles. The third-order valence-electron chi connectivity index (χ3n) is 13.3. The van der Waals surface area contributed by atoms with Crippen molar-refractivity contribution in [1.29, 1.82) is 0 Å². The lowest BCUT2D eigenvalue weighted by Gasteiger charge is -2.55. The van der Waals surface area contributed by atoms with Crippen LogP contribution in [0, 0.1) is 35.0 Å². The maximum atomic E-state index is 14.4. The fourth-order valence-corrected chi connectivity index (χ4v) is 10.4. The van der Waals surface area contributed by atoms with Crippen LogP contribution >= 0.6 is 0 Å². The predicted octanol–water partition coefficient (Wildman–Crippen LogP) is 2.93. The number of carboxylic acid groups (broad SMARTS) is 1. The Morgan fingerprint density at radius 3 is 2.10 bits per heavy atom. The molecule has 4 aliphatic carbocycles. The summed E-state index contributed by atoms with van der Waals surface area (Å²) in [6.45, 7) is 8.02. The number of rotatable bonds is 23. The van der Waals surface area contributed by atoms with E-state index in [0.717, 1.165) is 19.3 Å². The summed E-state index contributed by atoms with van der Waals surface area (Å²) in [6, 6.07) is 1.74. The zero-order valence-electron chi connectivity index (χ0n) is 35.5. The third kappa shape index (κ3) is 12.0. The van der Waals surface area contributed by atoms with Crippen molar-refractivity contribution in [3.63, 3.8) is 0 Å². The number of aliphatic carboxylic acids is 1. The number of aromatic hydroxyl groups is 1. The van der Waals surface area contributed by atoms with Crippen molar-refractivity contribution < 1.29 is 39.0 Å². The minimum Gasteiger partial charge on any atom is -0.508 e. The largest absolute Gasteiger partial charge is 0.508 e. The molecule has 5 aliphatic rings. The van der Waals surface area contributed by atoms with Crippen LogP contribution in [0.25, 0.3) is 0 Å². The van der Waals surface area contributed by atoms with Crippen molar-refractivity contribution in [2.24, 2.45) is 40.7 Å². The maximum absolute atomic E-state index is 14.4. The Morgan fingerprint density at radius 1 is 0.881 bits per heavy atom. The van der Waals surface area contributed by atoms with Gasteiger partial charge in [0.25, 0.3) is 0 Å². The van der Waals surface area contributed by atoms with Crippen LogP contribution in [0.1, 0.15) is 117 Å². The number of likely N-dealkylation sites (tertiary alicyclic amines) is 1. The van der Waals surface area contributed by atoms with E-state index in [0.29, 0.717) is 74.9 Å². The number of hydrogen-bond donors (Lipinski definition) is 8. The standard InChI is InChI=1S/C44H69N7O8/c1-5-27(4)38(40(55)48-35(42(57)58)17-26(2)3)50-46-25-37(53)34(21-28-11-13-32(52)14-12-28)47-39(54)36-10-8-16-51(36)41(56)33(9-6-7-15-45)49-43(59)44-22-29-18-30(23-44)20-31(19-29)24-44/h11-14,26-27,29-31,33-36,38,46,50,52H,5-10,15-25,45H2,1-4H3,(H,47,54)(H,48,55)(H,49,59)(H,57,58)/t27-,29?,30?,31?,33-,34-,35-,36-,38-,44?/m0/s1. The minimum atomic E-state index is -1.13. The van der Waals surface area contributed by atoms with Crippen LogP contribution in [0.3, 0.4) is 0 Å². The highest BCUT2D eigenvalue weighted by molar-refractivity contribution is 5.96. The molecule has 4 amide bonds. The topological polar surface area (TPSA) is 232 Å². The van der Waals surface area contributed by atoms with Crippen molar-refractivity contribution in [2.75, 3.05) is 19.6 Å². The molecule has 0 unspecified atom stereocenters. The van der Waals surface area contributed by atoms with E-state index < -0.39 is 59.2 Å². The molecule has 1 aromatic carbocycles. The molecule has 9 N–H and O–H groups in total. The average molecular weight is 824 g/mol. The van der Waals surface area contributed by atoms with Crippen molar-refractivity contribution >= 4 is 35.4 Å². The Labute approximate surface area is 349 Å². The molecular weight excluding hydrogens is 755 g/mol. The van der Waals surface area contributed by atoms with Gasteiger partial charge in [-0.2, -0.15) is 0 Å². The van der Waals surface area contributed by atoms with Gasteiger partial charge in [0.2, 0.25) is 23.6 Å². The molecule has 1 aliphatic heterocycles. The zero-order chi connectivity index (χ0) is 42.9. The zero-order valence-corrected chi connectivity index (χ0v) is 35.5. The number of hydrogen-bond acceptors (Lipinski definition) is 10. The number of phenolic OH excluding ortho intramolecular Hbond substituents is 1. The van der Waals surface area contributed by atoms with E-state index in [4.69, 9.17) is 5.73 Å². The van der Waals surface area contributed by atoms with Gasteiger partial charge in [-0.3, -0.25) is 24.0 Å². The number of nitrogens with zero attached hydrogens (tertiary/aromatic N) is 1. The van der Waals surface area contributed by atoms with Crippen molar-refractivity contribution in [3.05, 3.63) is 29.8 Å². The van der Waals surface area contributed by atoms with Gasteiger partial charge >= 0.3 is 5.97 Å². The van der Waals surface area contributed by atoms with Crippen LogP contribution < -0.4 is 32.5 Å². The molecule has 4 bridgehead atoms. The van der Waals surface area contributed by atoms with Gasteiger partial charge in [-0.15, -0.1) is 0 Å². The summed E-state index contributed by atoms with van der Waals surface area (Å²) in [5, 5.41) is 28.3. The number of phenols is 1. The Morgan fingerprint density at radius 2 is 1.53 bits per heavy atom. The van der Waals surface area contributed by atoms with Crippen LogP contribution in [0.4, 0.5) is 0 Å². The van der Waals surface area contributed by atoms with Gasteiger partial charge < -0.3 is 36.8 Å². The molecular formula is C44H69N7O8. The summed E-state index contributed by atoms with van der Waals surface area (Å²) < 4.78 is 0. The highest BCUT2D eigenvalue weighted by Crippen LogP contribution is 2.60. The molecule has 6 atom stereocenters. The van der Waals surface area contributed by atoms with Gasteiger partial charge in [0.05, 0.1) is 12.6 Å². The van der Waals surface area contributed by atoms with Gasteiger partial charge in [0.15, 0.2) is 5.78 Å². The highest BCUT2D eigenvalue weighted by Gasteiger charge is 2.55. The van der Waals surface area contributed by atoms with Crippen LogP contribution in [0.15, 0.2) is 24.3 Å². The maximum Gasteiger partial charge on any atom is 0.326 e. The summed E-state index contributed by atoms with van der Waals surface area (Å²) >= 11 is 0. The summed E-state index contributed by atoms with van der Waals surface area (Å²) in [7, 11) is 0. The number of carbonyl (C=O) groups excluding carboxylic acids is 5. The van der Waals surface area contributed by atoms with Crippen LogP contribution in [-0.4, -0.2) is 100 Å². The highest BCUT2D eigenvalue weighted by atomic mass is 16.4. The quantitative estimate of drug-likeness (QED) is 0.0591. The lowest BCUT2D eigenvalue weighted by Crippen LogP contribution is -2.60. The minimum absolute atomic E-state index is 0.0334. The predicted molar refractivity (Wildman–Crippen MR) is 222 cm³/mol. The number of unbranched alkanes of at least 4 members (excludes halogenated alkanes) is 1. The molecule has 5 fully saturated rings. The summed E-state index contributed by atoms with van der Waals surface area (Å²) in [4.78, 5) is 83.3. The van der Waals surface area contributed by atoms with Crippen molar-refractivity contribution in [1.82, 2.24) is 31.7 Å². The number of benzene rings is 1. The fourth-order valence-electron chi connectivity index (χ4n) is 10.4. The molecule has 59 heavy (non-hydrogen) atoms. The van der Waals surface area contributed by atoms with E-state index in [2.05, 4.69) is 26.8 Å². The van der Waals surface area contributed by atoms with Gasteiger partial charge in [-0.1, -0.05) is 46.2 Å². The SMILES string of the molecule is CC[C@H](C)[C@H](NNCC(=O)[C@H](Cc1ccc(O)cc1)NC(=O)[C@@H]1CCCN1C(=O)[C@H](CCCCN)NC(=O)C12CC3CC(CC(C3)C1)C2)C(=O)N[C@@H](CC(C)C)C(=O)O. The second-order valence-electron chi connectivity index (χ2n) is 18.5. The second kappa shape index (κ2) is 20.9. The first-order valence-corrected chi connectivity index (χ1v) is 22.1. The monoisotopic (exact) mass is 824 g/mol. The number of hydrazine groups is 1. The normalized spacial score (nSPS) is 25.8. The molecule has 1 heterocycles. The van der Waals surface area contributed by atoms with E-state index in [1.165, 1.54) is 31.4 Å². The molecule has 0 radical (unpaired) electrons. The fraction of sp³-hybridized carbons (Fsp3) is 0.727. The molecule has 1 saturated heterocycles. The number of ketones is 1. The first-order chi connectivity index (χ1) is 28.1. The first kappa shape index (κ1) is 46.0. The molecule has 1 aromatic rings. The average Bonchev–Trinajstić information content (AvgIpc) is 3.68. The molecule has 0 aromatic heterocycles. The number of carbonyl (C=O) groups is 6. The number of carboxylic acids is 1. The van der Waals surface area contributed by atoms with Crippen molar-refractivity contribution in [3.8, 4) is 5.75 Å². The number of nitrogens with one attached hydrogen (secondary N) is 5. The Hall–Kier alpha value is -4.08. The van der Waals surface area contributed by atoms with Crippen LogP contribution in [0.5, 0.6) is 5.75 Å². The van der Waals surface area contributed by atoms with E-state index in [1.807, 2.05) is 27.7 Å². The Kier molecular flexibility index (Phi) is 16.3. The molecule has 15 heteroatoms. The molecule has 328 valence electrons. The number of Topliss-reactive ketones (excluding diaryl/α,β-unsaturated/α-hetero) is 1. The summed E-state index contributed by atoms with van der Waals surface area (Å²) in [5.74, 6) is -1.26. The van der Waals surface area contributed by atoms with Crippen LogP contribution in [0.2, 0.25) is 0 Å². The van der Waals surface area contributed by atoms with Crippen molar-refractivity contribution in [2.45, 2.75) is 148 Å². The lowest BCUT2D eigenvalue weighted by molar-refractivity contribution is -0.150. The smallest absolute Gasteiger partial charge is 0.326 e. The third-order valence-corrected chi connectivity index (χ3v) is 13.3. The van der Waals surface area contributed by atoms with Gasteiger partial charge in [-0.25, -0.2) is 15.6 Å². The van der Waals surface area contributed by atoms with E-state index in [1.54, 1.807) is 17.0 Å². The van der Waals surface area contributed by atoms with Gasteiger partial charge in [0, 0.05) is 12.0 Å². The van der Waals surface area contributed by atoms with Gasteiger partial charge in [0.1, 0.15) is 29.9 Å². The Balaban J connectivity index is 1.26. The number of nitrogens with two attached hydrogens (primary N) is 1. The lowest BCUT2D eigenvalue weighted by atomic mass is 9.49. The summed E-state index contributed by atoms with van der Waals surface area (Å²) in [5.41, 5.74) is 11.9. The van der Waals surface area contributed by atoms with E-state index in [9.17, 15) is 39.0 Å². The first-order valence-electron chi connectivity index (χ1n) is 22.1. The molecule has 15 nitrogen and oxygen atoms in total. The van der Waals surface area contributed by atoms with E-state index in [-0.39, 0.29) is 48.8 Å². The number of amides is 4. The van der Waals surface area contributed by atoms with Gasteiger partial charge in [-0.05, 0) is 137 Å².